The van der Waals surface area contributed by atoms with Gasteiger partial charge in [0.1, 0.15) is 11.5 Å². The Hall–Kier alpha value is -3.08. The van der Waals surface area contributed by atoms with Gasteiger partial charge in [0.05, 0.1) is 60.9 Å². The van der Waals surface area contributed by atoms with Gasteiger partial charge in [0.25, 0.3) is 5.91 Å². The van der Waals surface area contributed by atoms with Gasteiger partial charge in [0.15, 0.2) is 0 Å². The van der Waals surface area contributed by atoms with Crippen molar-refractivity contribution in [3.63, 3.8) is 0 Å². The summed E-state index contributed by atoms with van der Waals surface area (Å²) in [4.78, 5) is 32.1. The number of anilines is 1. The van der Waals surface area contributed by atoms with Gasteiger partial charge in [-0.05, 0) is 19.4 Å². The highest BCUT2D eigenvalue weighted by Gasteiger charge is 2.36. The number of aromatic nitrogens is 4. The van der Waals surface area contributed by atoms with Crippen molar-refractivity contribution < 1.29 is 19.0 Å². The molecule has 0 unspecified atom stereocenters. The van der Waals surface area contributed by atoms with Crippen molar-refractivity contribution in [1.29, 1.82) is 0 Å². The number of hydrogen-bond donors (Lipinski definition) is 2. The molecule has 10 heteroatoms. The Morgan fingerprint density at radius 3 is 2.91 bits per heavy atom. The van der Waals surface area contributed by atoms with Gasteiger partial charge < -0.3 is 29.8 Å². The first-order valence-electron chi connectivity index (χ1n) is 10.6. The van der Waals surface area contributed by atoms with Crippen LogP contribution in [0.4, 0.5) is 5.82 Å². The third-order valence-electron chi connectivity index (χ3n) is 6.27. The molecule has 0 saturated carbocycles. The SMILES string of the molecule is CO[C@@H]1CCOC[C@H]1N(Cc1nccnc1C)C(=O)c1cc2nc(N)c3c(c2[nH]1)COC3. The lowest BCUT2D eigenvalue weighted by atomic mass is 10.0. The van der Waals surface area contributed by atoms with Gasteiger partial charge in [-0.25, -0.2) is 4.98 Å². The lowest BCUT2D eigenvalue weighted by Gasteiger charge is -2.38. The summed E-state index contributed by atoms with van der Waals surface area (Å²) in [6.07, 6.45) is 3.85. The summed E-state index contributed by atoms with van der Waals surface area (Å²) in [5.74, 6) is 0.256. The summed E-state index contributed by atoms with van der Waals surface area (Å²) < 4.78 is 17.0. The molecule has 2 atom stereocenters. The molecule has 5 heterocycles. The average Bonchev–Trinajstić information content (AvgIpc) is 3.46. The summed E-state index contributed by atoms with van der Waals surface area (Å²) in [6.45, 7) is 4.03. The van der Waals surface area contributed by atoms with Gasteiger partial charge in [-0.15, -0.1) is 0 Å². The molecule has 3 aromatic heterocycles. The van der Waals surface area contributed by atoms with Crippen molar-refractivity contribution in [1.82, 2.24) is 24.8 Å². The Morgan fingerprint density at radius 1 is 1.28 bits per heavy atom. The standard InChI is InChI=1S/C22H26N6O4/c1-12-17(25-5-4-24-12)8-28(18-11-31-6-3-19(18)30-2)22(29)16-7-15-20(26-16)13-9-32-10-14(13)21(23)27-15/h4-5,7,18-19,26H,3,6,8-11H2,1-2H3,(H2,23,27)/t18-,19-/m1/s1. The van der Waals surface area contributed by atoms with E-state index in [-0.39, 0.29) is 18.1 Å². The normalized spacial score (nSPS) is 20.4. The molecular formula is C22H26N6O4. The summed E-state index contributed by atoms with van der Waals surface area (Å²) in [7, 11) is 1.66. The van der Waals surface area contributed by atoms with Gasteiger partial charge in [-0.1, -0.05) is 0 Å². The predicted octanol–water partition coefficient (Wildman–Crippen LogP) is 1.72. The molecule has 32 heavy (non-hydrogen) atoms. The van der Waals surface area contributed by atoms with Crippen molar-refractivity contribution in [3.05, 3.63) is 46.7 Å². The van der Waals surface area contributed by atoms with Crippen molar-refractivity contribution in [2.24, 2.45) is 0 Å². The Bertz CT molecular complexity index is 1160. The third-order valence-corrected chi connectivity index (χ3v) is 6.27. The van der Waals surface area contributed by atoms with Crippen LogP contribution in [0.2, 0.25) is 0 Å². The third kappa shape index (κ3) is 3.60. The Balaban J connectivity index is 1.55. The zero-order valence-corrected chi connectivity index (χ0v) is 18.1. The Kier molecular flexibility index (Phi) is 5.50. The second kappa shape index (κ2) is 8.45. The first kappa shape index (κ1) is 20.8. The second-order valence-corrected chi connectivity index (χ2v) is 8.12. The fourth-order valence-electron chi connectivity index (χ4n) is 4.47. The van der Waals surface area contributed by atoms with Crippen molar-refractivity contribution >= 4 is 22.8 Å². The lowest BCUT2D eigenvalue weighted by molar-refractivity contribution is -0.0717. The number of methoxy groups -OCH3 is 1. The smallest absolute Gasteiger partial charge is 0.271 e. The van der Waals surface area contributed by atoms with E-state index >= 15 is 0 Å². The number of ether oxygens (including phenoxy) is 3. The summed E-state index contributed by atoms with van der Waals surface area (Å²) in [6, 6.07) is 1.48. The van der Waals surface area contributed by atoms with Gasteiger partial charge in [-0.3, -0.25) is 14.8 Å². The molecule has 3 aromatic rings. The maximum Gasteiger partial charge on any atom is 0.271 e. The molecule has 0 aromatic carbocycles. The number of nitrogens with two attached hydrogens (primary N) is 1. The number of amides is 1. The maximum absolute atomic E-state index is 13.8. The van der Waals surface area contributed by atoms with Crippen LogP contribution in [-0.4, -0.2) is 63.2 Å². The Labute approximate surface area is 185 Å². The molecule has 0 spiro atoms. The number of rotatable bonds is 5. The molecule has 2 aliphatic heterocycles. The monoisotopic (exact) mass is 438 g/mol. The highest BCUT2D eigenvalue weighted by Crippen LogP contribution is 2.32. The molecule has 1 amide bonds. The molecule has 1 saturated heterocycles. The molecule has 0 bridgehead atoms. The minimum absolute atomic E-state index is 0.138. The summed E-state index contributed by atoms with van der Waals surface area (Å²) >= 11 is 0. The van der Waals surface area contributed by atoms with E-state index in [1.807, 2.05) is 6.92 Å². The van der Waals surface area contributed by atoms with E-state index in [4.69, 9.17) is 19.9 Å². The summed E-state index contributed by atoms with van der Waals surface area (Å²) in [5, 5.41) is 0. The molecule has 168 valence electrons. The van der Waals surface area contributed by atoms with Gasteiger partial charge in [0.2, 0.25) is 0 Å². The van der Waals surface area contributed by atoms with E-state index in [9.17, 15) is 4.79 Å². The van der Waals surface area contributed by atoms with Crippen LogP contribution in [0.1, 0.15) is 39.4 Å². The van der Waals surface area contributed by atoms with Crippen LogP contribution >= 0.6 is 0 Å². The van der Waals surface area contributed by atoms with E-state index in [0.717, 1.165) is 28.0 Å². The van der Waals surface area contributed by atoms with Gasteiger partial charge >= 0.3 is 0 Å². The number of nitrogens with one attached hydrogen (secondary N) is 1. The number of fused-ring (bicyclic) bond motifs is 3. The number of nitrogens with zero attached hydrogens (tertiary/aromatic N) is 4. The molecule has 3 N–H and O–H groups in total. The van der Waals surface area contributed by atoms with Crippen LogP contribution in [0, 0.1) is 6.92 Å². The number of aromatic amines is 1. The zero-order chi connectivity index (χ0) is 22.2. The van der Waals surface area contributed by atoms with Crippen molar-refractivity contribution in [2.45, 2.75) is 45.2 Å². The highest BCUT2D eigenvalue weighted by molar-refractivity contribution is 5.98. The van der Waals surface area contributed by atoms with Crippen LogP contribution in [-0.2, 0) is 34.0 Å². The van der Waals surface area contributed by atoms with Crippen LogP contribution in [0.3, 0.4) is 0 Å². The molecule has 0 aliphatic carbocycles. The highest BCUT2D eigenvalue weighted by atomic mass is 16.5. The average molecular weight is 438 g/mol. The van der Waals surface area contributed by atoms with Crippen LogP contribution in [0.25, 0.3) is 11.0 Å². The fraction of sp³-hybridized carbons (Fsp3) is 0.455. The van der Waals surface area contributed by atoms with E-state index < -0.39 is 0 Å². The number of aryl methyl sites for hydroxylation is 1. The maximum atomic E-state index is 13.8. The lowest BCUT2D eigenvalue weighted by Crippen LogP contribution is -2.52. The zero-order valence-electron chi connectivity index (χ0n) is 18.1. The molecule has 1 fully saturated rings. The quantitative estimate of drug-likeness (QED) is 0.616. The van der Waals surface area contributed by atoms with Crippen LogP contribution in [0.15, 0.2) is 18.5 Å². The predicted molar refractivity (Wildman–Crippen MR) is 116 cm³/mol. The number of nitrogen functional groups attached to an aromatic ring is 1. The molecule has 5 rings (SSSR count). The van der Waals surface area contributed by atoms with E-state index in [1.54, 1.807) is 30.5 Å². The van der Waals surface area contributed by atoms with Crippen LogP contribution in [0.5, 0.6) is 0 Å². The molecule has 10 nitrogen and oxygen atoms in total. The number of H-pyrrole nitrogens is 1. The number of carbonyl (C=O) groups is 1. The first-order valence-corrected chi connectivity index (χ1v) is 10.6. The largest absolute Gasteiger partial charge is 0.383 e. The van der Waals surface area contributed by atoms with E-state index in [0.29, 0.717) is 56.4 Å². The molecular weight excluding hydrogens is 412 g/mol. The van der Waals surface area contributed by atoms with Crippen LogP contribution < -0.4 is 5.73 Å². The first-order chi connectivity index (χ1) is 15.6. The molecule has 0 radical (unpaired) electrons. The fourth-order valence-corrected chi connectivity index (χ4v) is 4.47. The molecule has 2 aliphatic rings. The number of hydrogen-bond acceptors (Lipinski definition) is 8. The summed E-state index contributed by atoms with van der Waals surface area (Å²) in [5.41, 5.74) is 11.3. The second-order valence-electron chi connectivity index (χ2n) is 8.12. The van der Waals surface area contributed by atoms with Crippen molar-refractivity contribution in [2.75, 3.05) is 26.1 Å². The minimum atomic E-state index is -0.263. The number of carbonyl (C=O) groups excluding carboxylic acids is 1. The Morgan fingerprint density at radius 2 is 2.09 bits per heavy atom. The van der Waals surface area contributed by atoms with E-state index in [1.165, 1.54) is 0 Å². The van der Waals surface area contributed by atoms with Crippen molar-refractivity contribution in [3.8, 4) is 0 Å². The van der Waals surface area contributed by atoms with E-state index in [2.05, 4.69) is 19.9 Å². The number of pyridine rings is 1. The minimum Gasteiger partial charge on any atom is -0.383 e. The van der Waals surface area contributed by atoms with Gasteiger partial charge in [-0.2, -0.15) is 0 Å². The topological polar surface area (TPSA) is 128 Å². The van der Waals surface area contributed by atoms with Gasteiger partial charge in [0, 0.05) is 37.2 Å².